The van der Waals surface area contributed by atoms with Crippen molar-refractivity contribution in [3.8, 4) is 0 Å². The molecule has 3 rings (SSSR count). The number of anilines is 3. The molecule has 0 atom stereocenters. The van der Waals surface area contributed by atoms with E-state index in [1.165, 1.54) is 54.6 Å². The number of rotatable bonds is 7. The van der Waals surface area contributed by atoms with E-state index in [0.29, 0.717) is 16.9 Å². The van der Waals surface area contributed by atoms with Gasteiger partial charge in [-0.15, -0.1) is 0 Å². The minimum absolute atomic E-state index is 0.0851. The molecule has 0 aliphatic carbocycles. The summed E-state index contributed by atoms with van der Waals surface area (Å²) in [6.07, 6.45) is 0. The third kappa shape index (κ3) is 5.41. The fraction of sp³-hybridized carbons (Fsp3) is 0.0909. The van der Waals surface area contributed by atoms with Crippen LogP contribution >= 0.6 is 0 Å². The summed E-state index contributed by atoms with van der Waals surface area (Å²) in [4.78, 5) is 35.1. The summed E-state index contributed by atoms with van der Waals surface area (Å²) in [5, 5.41) is 16.8. The molecule has 0 saturated heterocycles. The highest BCUT2D eigenvalue weighted by atomic mass is 19.1. The Kier molecular flexibility index (Phi) is 6.56. The highest BCUT2D eigenvalue weighted by molar-refractivity contribution is 6.05. The standard InChI is InChI=1S/C22H18FN3O5/c1-2-31-22(28)14-3-8-18(9-4-14)25-21(27)15-5-12-20(26(29)30)19(13-15)24-17-10-6-16(23)7-11-17/h3-13,24H,2H2,1H3,(H,25,27). The van der Waals surface area contributed by atoms with Crippen LogP contribution in [0.2, 0.25) is 0 Å². The van der Waals surface area contributed by atoms with Gasteiger partial charge in [-0.05, 0) is 67.6 Å². The maximum atomic E-state index is 13.1. The molecule has 3 aromatic rings. The Labute approximate surface area is 176 Å². The van der Waals surface area contributed by atoms with Crippen LogP contribution in [0, 0.1) is 15.9 Å². The number of carbonyl (C=O) groups is 2. The Hall–Kier alpha value is -4.27. The molecule has 3 aromatic carbocycles. The van der Waals surface area contributed by atoms with Crippen molar-refractivity contribution in [2.45, 2.75) is 6.92 Å². The largest absolute Gasteiger partial charge is 0.462 e. The van der Waals surface area contributed by atoms with E-state index in [1.807, 2.05) is 0 Å². The van der Waals surface area contributed by atoms with Gasteiger partial charge in [-0.3, -0.25) is 14.9 Å². The maximum absolute atomic E-state index is 13.1. The minimum atomic E-state index is -0.582. The van der Waals surface area contributed by atoms with E-state index in [0.717, 1.165) is 0 Å². The first-order chi connectivity index (χ1) is 14.9. The highest BCUT2D eigenvalue weighted by Gasteiger charge is 2.17. The third-order valence-electron chi connectivity index (χ3n) is 4.23. The summed E-state index contributed by atoms with van der Waals surface area (Å²) < 4.78 is 18.0. The predicted molar refractivity (Wildman–Crippen MR) is 113 cm³/mol. The van der Waals surface area contributed by atoms with Gasteiger partial charge >= 0.3 is 5.97 Å². The summed E-state index contributed by atoms with van der Waals surface area (Å²) in [5.74, 6) is -1.41. The lowest BCUT2D eigenvalue weighted by molar-refractivity contribution is -0.383. The number of benzene rings is 3. The molecule has 0 radical (unpaired) electrons. The van der Waals surface area contributed by atoms with E-state index < -0.39 is 22.6 Å². The second-order valence-electron chi connectivity index (χ2n) is 6.37. The van der Waals surface area contributed by atoms with E-state index in [2.05, 4.69) is 10.6 Å². The van der Waals surface area contributed by atoms with Crippen molar-refractivity contribution in [1.82, 2.24) is 0 Å². The van der Waals surface area contributed by atoms with E-state index in [9.17, 15) is 24.1 Å². The van der Waals surface area contributed by atoms with Gasteiger partial charge in [0, 0.05) is 23.0 Å². The van der Waals surface area contributed by atoms with Crippen LogP contribution in [0.25, 0.3) is 0 Å². The van der Waals surface area contributed by atoms with Crippen LogP contribution in [0.1, 0.15) is 27.6 Å². The van der Waals surface area contributed by atoms with Crippen molar-refractivity contribution in [2.75, 3.05) is 17.2 Å². The monoisotopic (exact) mass is 423 g/mol. The third-order valence-corrected chi connectivity index (χ3v) is 4.23. The van der Waals surface area contributed by atoms with Crippen LogP contribution in [0.5, 0.6) is 0 Å². The molecule has 0 fully saturated rings. The first-order valence-electron chi connectivity index (χ1n) is 9.27. The number of ether oxygens (including phenoxy) is 1. The molecule has 0 spiro atoms. The number of nitro benzene ring substituents is 1. The normalized spacial score (nSPS) is 10.3. The van der Waals surface area contributed by atoms with Crippen molar-refractivity contribution < 1.29 is 23.6 Å². The Morgan fingerprint density at radius 1 is 0.968 bits per heavy atom. The van der Waals surface area contributed by atoms with E-state index >= 15 is 0 Å². The van der Waals surface area contributed by atoms with Crippen molar-refractivity contribution >= 4 is 34.6 Å². The lowest BCUT2D eigenvalue weighted by atomic mass is 10.1. The summed E-state index contributed by atoms with van der Waals surface area (Å²) in [5.41, 5.74) is 1.23. The predicted octanol–water partition coefficient (Wildman–Crippen LogP) is 4.91. The second kappa shape index (κ2) is 9.49. The van der Waals surface area contributed by atoms with Gasteiger partial charge in [-0.25, -0.2) is 9.18 Å². The SMILES string of the molecule is CCOC(=O)c1ccc(NC(=O)c2ccc([N+](=O)[O-])c(Nc3ccc(F)cc3)c2)cc1. The summed E-state index contributed by atoms with van der Waals surface area (Å²) in [6, 6.07) is 15.3. The fourth-order valence-corrected chi connectivity index (χ4v) is 2.73. The molecule has 0 bridgehead atoms. The van der Waals surface area contributed by atoms with Crippen LogP contribution < -0.4 is 10.6 Å². The lowest BCUT2D eigenvalue weighted by Gasteiger charge is -2.10. The van der Waals surface area contributed by atoms with Gasteiger partial charge in [0.15, 0.2) is 0 Å². The molecule has 0 saturated carbocycles. The zero-order valence-corrected chi connectivity index (χ0v) is 16.4. The lowest BCUT2D eigenvalue weighted by Crippen LogP contribution is -2.13. The quantitative estimate of drug-likeness (QED) is 0.317. The summed E-state index contributed by atoms with van der Waals surface area (Å²) >= 11 is 0. The molecular formula is C22H18FN3O5. The van der Waals surface area contributed by atoms with Crippen molar-refractivity contribution in [3.63, 3.8) is 0 Å². The van der Waals surface area contributed by atoms with Gasteiger partial charge in [0.1, 0.15) is 11.5 Å². The second-order valence-corrected chi connectivity index (χ2v) is 6.37. The number of carbonyl (C=O) groups excluding carboxylic acids is 2. The van der Waals surface area contributed by atoms with E-state index in [-0.39, 0.29) is 23.5 Å². The molecule has 2 N–H and O–H groups in total. The Morgan fingerprint density at radius 3 is 2.19 bits per heavy atom. The Balaban J connectivity index is 1.80. The Bertz CT molecular complexity index is 1110. The van der Waals surface area contributed by atoms with Crippen molar-refractivity contribution in [2.24, 2.45) is 0 Å². The minimum Gasteiger partial charge on any atom is -0.462 e. The first kappa shape index (κ1) is 21.4. The Morgan fingerprint density at radius 2 is 1.58 bits per heavy atom. The molecule has 0 heterocycles. The number of nitro groups is 1. The number of nitrogens with one attached hydrogen (secondary N) is 2. The molecule has 8 nitrogen and oxygen atoms in total. The molecule has 31 heavy (non-hydrogen) atoms. The van der Waals surface area contributed by atoms with Crippen LogP contribution in [0.4, 0.5) is 27.1 Å². The molecule has 0 aromatic heterocycles. The van der Waals surface area contributed by atoms with Crippen LogP contribution in [-0.4, -0.2) is 23.4 Å². The number of hydrogen-bond donors (Lipinski definition) is 2. The zero-order chi connectivity index (χ0) is 22.4. The van der Waals surface area contributed by atoms with Crippen LogP contribution in [-0.2, 0) is 4.74 Å². The van der Waals surface area contributed by atoms with Gasteiger partial charge in [-0.2, -0.15) is 0 Å². The average molecular weight is 423 g/mol. The van der Waals surface area contributed by atoms with Crippen LogP contribution in [0.3, 0.4) is 0 Å². The fourth-order valence-electron chi connectivity index (χ4n) is 2.73. The number of nitrogens with zero attached hydrogens (tertiary/aromatic N) is 1. The topological polar surface area (TPSA) is 111 Å². The zero-order valence-electron chi connectivity index (χ0n) is 16.4. The number of esters is 1. The van der Waals surface area contributed by atoms with Crippen molar-refractivity contribution in [1.29, 1.82) is 0 Å². The van der Waals surface area contributed by atoms with E-state index in [1.54, 1.807) is 19.1 Å². The van der Waals surface area contributed by atoms with Gasteiger partial charge in [0.2, 0.25) is 0 Å². The molecular weight excluding hydrogens is 405 g/mol. The molecule has 0 aliphatic heterocycles. The first-order valence-corrected chi connectivity index (χ1v) is 9.27. The van der Waals surface area contributed by atoms with Gasteiger partial charge in [0.05, 0.1) is 17.1 Å². The average Bonchev–Trinajstić information content (AvgIpc) is 2.75. The van der Waals surface area contributed by atoms with Crippen LogP contribution in [0.15, 0.2) is 66.7 Å². The molecule has 1 amide bonds. The summed E-state index contributed by atoms with van der Waals surface area (Å²) in [6.45, 7) is 1.96. The van der Waals surface area contributed by atoms with Gasteiger partial charge in [0.25, 0.3) is 11.6 Å². The van der Waals surface area contributed by atoms with Crippen molar-refractivity contribution in [3.05, 3.63) is 93.8 Å². The molecule has 158 valence electrons. The molecule has 0 aliphatic rings. The number of hydrogen-bond acceptors (Lipinski definition) is 6. The number of halogens is 1. The number of amides is 1. The van der Waals surface area contributed by atoms with Gasteiger partial charge in [-0.1, -0.05) is 0 Å². The maximum Gasteiger partial charge on any atom is 0.338 e. The highest BCUT2D eigenvalue weighted by Crippen LogP contribution is 2.29. The van der Waals surface area contributed by atoms with E-state index in [4.69, 9.17) is 4.74 Å². The molecule has 0 unspecified atom stereocenters. The summed E-state index contributed by atoms with van der Waals surface area (Å²) in [7, 11) is 0. The smallest absolute Gasteiger partial charge is 0.338 e. The molecule has 9 heteroatoms. The van der Waals surface area contributed by atoms with Gasteiger partial charge < -0.3 is 15.4 Å².